The van der Waals surface area contributed by atoms with Gasteiger partial charge in [-0.1, -0.05) is 42.7 Å². The summed E-state index contributed by atoms with van der Waals surface area (Å²) in [4.78, 5) is 25.1. The van der Waals surface area contributed by atoms with Crippen molar-refractivity contribution in [3.05, 3.63) is 53.6 Å². The van der Waals surface area contributed by atoms with Crippen molar-refractivity contribution in [1.29, 1.82) is 0 Å². The Hall–Kier alpha value is -2.66. The van der Waals surface area contributed by atoms with Gasteiger partial charge in [0, 0.05) is 23.2 Å². The Bertz CT molecular complexity index is 855. The van der Waals surface area contributed by atoms with Crippen LogP contribution in [0.2, 0.25) is 0 Å². The number of rotatable bonds is 8. The molecule has 0 aliphatic heterocycles. The fourth-order valence-electron chi connectivity index (χ4n) is 3.71. The van der Waals surface area contributed by atoms with Gasteiger partial charge in [-0.2, -0.15) is 0 Å². The SMILES string of the molecule is Cc1ccc(-c2cc(NCC(=O)C3CCCC3)cc(C(=O)N[C@@H](C)CO)c2)cc1. The number of nitrogens with one attached hydrogen (secondary N) is 2. The van der Waals surface area contributed by atoms with E-state index in [1.807, 2.05) is 43.3 Å². The molecule has 5 nitrogen and oxygen atoms in total. The zero-order valence-electron chi connectivity index (χ0n) is 17.2. The maximum Gasteiger partial charge on any atom is 0.251 e. The number of ketones is 1. The summed E-state index contributed by atoms with van der Waals surface area (Å²) in [5.41, 5.74) is 4.33. The van der Waals surface area contributed by atoms with Gasteiger partial charge < -0.3 is 15.7 Å². The second-order valence-electron chi connectivity index (χ2n) is 8.02. The van der Waals surface area contributed by atoms with Crippen LogP contribution in [0, 0.1) is 12.8 Å². The molecule has 1 aliphatic rings. The highest BCUT2D eigenvalue weighted by Gasteiger charge is 2.22. The van der Waals surface area contributed by atoms with E-state index in [0.29, 0.717) is 5.56 Å². The number of amides is 1. The van der Waals surface area contributed by atoms with Crippen molar-refractivity contribution in [3.8, 4) is 11.1 Å². The third-order valence-electron chi connectivity index (χ3n) is 5.51. The standard InChI is InChI=1S/C24H30N2O3/c1-16-7-9-18(10-8-16)20-11-21(24(29)26-17(2)15-27)13-22(12-20)25-14-23(28)19-5-3-4-6-19/h7-13,17,19,25,27H,3-6,14-15H2,1-2H3,(H,26,29)/t17-/m0/s1. The highest BCUT2D eigenvalue weighted by atomic mass is 16.3. The maximum atomic E-state index is 12.6. The minimum Gasteiger partial charge on any atom is -0.394 e. The molecule has 0 unspecified atom stereocenters. The van der Waals surface area contributed by atoms with Crippen LogP contribution in [0.25, 0.3) is 11.1 Å². The summed E-state index contributed by atoms with van der Waals surface area (Å²) >= 11 is 0. The Morgan fingerprint density at radius 1 is 1.07 bits per heavy atom. The molecule has 0 saturated heterocycles. The molecule has 0 aromatic heterocycles. The van der Waals surface area contributed by atoms with E-state index in [4.69, 9.17) is 0 Å². The van der Waals surface area contributed by atoms with Gasteiger partial charge in [-0.05, 0) is 56.0 Å². The Morgan fingerprint density at radius 3 is 2.41 bits per heavy atom. The lowest BCUT2D eigenvalue weighted by atomic mass is 10.00. The number of aliphatic hydroxyl groups is 1. The van der Waals surface area contributed by atoms with Crippen molar-refractivity contribution >= 4 is 17.4 Å². The van der Waals surface area contributed by atoms with Crippen LogP contribution in [-0.4, -0.2) is 36.0 Å². The van der Waals surface area contributed by atoms with Crippen molar-refractivity contribution < 1.29 is 14.7 Å². The molecule has 2 aromatic carbocycles. The molecule has 1 saturated carbocycles. The Labute approximate surface area is 172 Å². The molecule has 154 valence electrons. The van der Waals surface area contributed by atoms with Crippen molar-refractivity contribution in [2.24, 2.45) is 5.92 Å². The van der Waals surface area contributed by atoms with Gasteiger partial charge in [-0.25, -0.2) is 0 Å². The molecule has 0 bridgehead atoms. The van der Waals surface area contributed by atoms with Gasteiger partial charge in [-0.15, -0.1) is 0 Å². The number of aryl methyl sites for hydroxylation is 1. The molecule has 0 radical (unpaired) electrons. The summed E-state index contributed by atoms with van der Waals surface area (Å²) in [6, 6.07) is 13.4. The highest BCUT2D eigenvalue weighted by Crippen LogP contribution is 2.27. The van der Waals surface area contributed by atoms with Gasteiger partial charge >= 0.3 is 0 Å². The zero-order chi connectivity index (χ0) is 20.8. The molecule has 1 atom stereocenters. The quantitative estimate of drug-likeness (QED) is 0.634. The van der Waals surface area contributed by atoms with Crippen LogP contribution in [-0.2, 0) is 4.79 Å². The number of hydrogen-bond acceptors (Lipinski definition) is 4. The van der Waals surface area contributed by atoms with Crippen molar-refractivity contribution in [2.75, 3.05) is 18.5 Å². The molecule has 1 amide bonds. The summed E-state index contributed by atoms with van der Waals surface area (Å²) in [5.74, 6) is 0.157. The summed E-state index contributed by atoms with van der Waals surface area (Å²) in [6.45, 7) is 3.94. The molecular weight excluding hydrogens is 364 g/mol. The molecule has 2 aromatic rings. The second kappa shape index (κ2) is 9.70. The lowest BCUT2D eigenvalue weighted by Crippen LogP contribution is -2.35. The number of aliphatic hydroxyl groups excluding tert-OH is 1. The van der Waals surface area contributed by atoms with E-state index in [2.05, 4.69) is 10.6 Å². The number of carbonyl (C=O) groups is 2. The number of hydrogen-bond donors (Lipinski definition) is 3. The Kier molecular flexibility index (Phi) is 7.04. The van der Waals surface area contributed by atoms with E-state index in [1.165, 1.54) is 5.56 Å². The fourth-order valence-corrected chi connectivity index (χ4v) is 3.71. The third kappa shape index (κ3) is 5.67. The molecule has 1 aliphatic carbocycles. The van der Waals surface area contributed by atoms with Gasteiger partial charge in [0.1, 0.15) is 0 Å². The number of carbonyl (C=O) groups excluding carboxylic acids is 2. The monoisotopic (exact) mass is 394 g/mol. The lowest BCUT2D eigenvalue weighted by molar-refractivity contribution is -0.120. The smallest absolute Gasteiger partial charge is 0.251 e. The molecular formula is C24H30N2O3. The topological polar surface area (TPSA) is 78.4 Å². The van der Waals surface area contributed by atoms with Gasteiger partial charge in [0.15, 0.2) is 5.78 Å². The van der Waals surface area contributed by atoms with E-state index in [0.717, 1.165) is 42.5 Å². The Balaban J connectivity index is 1.84. The first kappa shape index (κ1) is 21.1. The van der Waals surface area contributed by atoms with E-state index >= 15 is 0 Å². The van der Waals surface area contributed by atoms with E-state index in [1.54, 1.807) is 13.0 Å². The van der Waals surface area contributed by atoms with E-state index in [-0.39, 0.29) is 36.8 Å². The first-order valence-corrected chi connectivity index (χ1v) is 10.4. The van der Waals surface area contributed by atoms with Crippen LogP contribution in [0.3, 0.4) is 0 Å². The lowest BCUT2D eigenvalue weighted by Gasteiger charge is -2.15. The average Bonchev–Trinajstić information content (AvgIpc) is 3.27. The van der Waals surface area contributed by atoms with Gasteiger partial charge in [0.05, 0.1) is 13.2 Å². The van der Waals surface area contributed by atoms with Crippen LogP contribution >= 0.6 is 0 Å². The molecule has 1 fully saturated rings. The molecule has 0 heterocycles. The number of benzene rings is 2. The molecule has 3 N–H and O–H groups in total. The second-order valence-corrected chi connectivity index (χ2v) is 8.02. The van der Waals surface area contributed by atoms with Crippen LogP contribution in [0.15, 0.2) is 42.5 Å². The zero-order valence-corrected chi connectivity index (χ0v) is 17.2. The normalized spacial score (nSPS) is 15.1. The summed E-state index contributed by atoms with van der Waals surface area (Å²) in [6.07, 6.45) is 4.23. The predicted octanol–water partition coefficient (Wildman–Crippen LogP) is 3.94. The van der Waals surface area contributed by atoms with E-state index < -0.39 is 0 Å². The largest absolute Gasteiger partial charge is 0.394 e. The summed E-state index contributed by atoms with van der Waals surface area (Å²) < 4.78 is 0. The number of Topliss-reactive ketones (excluding diaryl/α,β-unsaturated/α-hetero) is 1. The molecule has 3 rings (SSSR count). The minimum absolute atomic E-state index is 0.121. The first-order valence-electron chi connectivity index (χ1n) is 10.4. The molecule has 0 spiro atoms. The summed E-state index contributed by atoms with van der Waals surface area (Å²) in [7, 11) is 0. The van der Waals surface area contributed by atoms with Crippen LogP contribution in [0.4, 0.5) is 5.69 Å². The van der Waals surface area contributed by atoms with E-state index in [9.17, 15) is 14.7 Å². The van der Waals surface area contributed by atoms with Crippen LogP contribution in [0.1, 0.15) is 48.5 Å². The van der Waals surface area contributed by atoms with Crippen molar-refractivity contribution in [3.63, 3.8) is 0 Å². The average molecular weight is 395 g/mol. The number of anilines is 1. The van der Waals surface area contributed by atoms with Crippen LogP contribution in [0.5, 0.6) is 0 Å². The third-order valence-corrected chi connectivity index (χ3v) is 5.51. The Morgan fingerprint density at radius 2 is 1.76 bits per heavy atom. The van der Waals surface area contributed by atoms with Crippen molar-refractivity contribution in [1.82, 2.24) is 5.32 Å². The molecule has 5 heteroatoms. The van der Waals surface area contributed by atoms with Gasteiger partial charge in [-0.3, -0.25) is 9.59 Å². The fraction of sp³-hybridized carbons (Fsp3) is 0.417. The predicted molar refractivity (Wildman–Crippen MR) is 116 cm³/mol. The van der Waals surface area contributed by atoms with Gasteiger partial charge in [0.25, 0.3) is 5.91 Å². The highest BCUT2D eigenvalue weighted by molar-refractivity contribution is 5.97. The molecule has 29 heavy (non-hydrogen) atoms. The van der Waals surface area contributed by atoms with Crippen molar-refractivity contribution in [2.45, 2.75) is 45.6 Å². The van der Waals surface area contributed by atoms with Crippen LogP contribution < -0.4 is 10.6 Å². The minimum atomic E-state index is -0.328. The maximum absolute atomic E-state index is 12.6. The summed E-state index contributed by atoms with van der Waals surface area (Å²) in [5, 5.41) is 15.2. The van der Waals surface area contributed by atoms with Gasteiger partial charge in [0.2, 0.25) is 0 Å². The first-order chi connectivity index (χ1) is 14.0.